The first-order valence-electron chi connectivity index (χ1n) is 9.41. The summed E-state index contributed by atoms with van der Waals surface area (Å²) >= 11 is 6.23. The molecule has 28 heavy (non-hydrogen) atoms. The van der Waals surface area contributed by atoms with Gasteiger partial charge in [0.25, 0.3) is 5.91 Å². The number of anilines is 1. The Morgan fingerprint density at radius 3 is 2.68 bits per heavy atom. The van der Waals surface area contributed by atoms with Crippen LogP contribution in [0.3, 0.4) is 0 Å². The highest BCUT2D eigenvalue weighted by atomic mass is 35.5. The number of carbonyl (C=O) groups is 2. The molecule has 0 aromatic heterocycles. The van der Waals surface area contributed by atoms with E-state index in [2.05, 4.69) is 5.32 Å². The standard InChI is InChI=1S/C18H22ClN3O5S/c19-13-8-14-15(27-11-17(23)20-14)9-16(13)28(25,26)22-7-3-4-12(10-22)18(24)21-5-1-2-6-21/h8-9,12H,1-7,10-11H2,(H,20,23). The van der Waals surface area contributed by atoms with E-state index in [4.69, 9.17) is 16.3 Å². The zero-order valence-corrected chi connectivity index (χ0v) is 16.9. The Labute approximate surface area is 168 Å². The molecule has 3 aliphatic heterocycles. The molecule has 2 fully saturated rings. The molecule has 1 unspecified atom stereocenters. The third kappa shape index (κ3) is 3.58. The number of carbonyl (C=O) groups excluding carboxylic acids is 2. The Morgan fingerprint density at radius 2 is 1.93 bits per heavy atom. The van der Waals surface area contributed by atoms with Crippen LogP contribution in [0, 0.1) is 5.92 Å². The molecule has 0 spiro atoms. The SMILES string of the molecule is O=C1COc2cc(S(=O)(=O)N3CCCC(C(=O)N4CCCC4)C3)c(Cl)cc2N1. The Morgan fingerprint density at radius 1 is 1.18 bits per heavy atom. The second-order valence-electron chi connectivity index (χ2n) is 7.35. The van der Waals surface area contributed by atoms with Gasteiger partial charge in [-0.15, -0.1) is 0 Å². The van der Waals surface area contributed by atoms with Gasteiger partial charge in [0.15, 0.2) is 6.61 Å². The Bertz CT molecular complexity index is 914. The van der Waals surface area contributed by atoms with Gasteiger partial charge in [-0.25, -0.2) is 8.42 Å². The smallest absolute Gasteiger partial charge is 0.262 e. The van der Waals surface area contributed by atoms with E-state index >= 15 is 0 Å². The number of hydrogen-bond acceptors (Lipinski definition) is 5. The lowest BCUT2D eigenvalue weighted by molar-refractivity contribution is -0.135. The normalized spacial score (nSPS) is 23.1. The second-order valence-corrected chi connectivity index (χ2v) is 9.66. The Hall–Kier alpha value is -1.84. The van der Waals surface area contributed by atoms with Gasteiger partial charge < -0.3 is 15.0 Å². The number of amides is 2. The van der Waals surface area contributed by atoms with Gasteiger partial charge >= 0.3 is 0 Å². The molecule has 4 rings (SSSR count). The van der Waals surface area contributed by atoms with E-state index in [1.54, 1.807) is 0 Å². The van der Waals surface area contributed by atoms with Crippen LogP contribution in [0.1, 0.15) is 25.7 Å². The zero-order valence-electron chi connectivity index (χ0n) is 15.3. The van der Waals surface area contributed by atoms with Crippen LogP contribution in [0.2, 0.25) is 5.02 Å². The maximum Gasteiger partial charge on any atom is 0.262 e. The number of halogens is 1. The van der Waals surface area contributed by atoms with Crippen molar-refractivity contribution in [1.82, 2.24) is 9.21 Å². The van der Waals surface area contributed by atoms with Crippen molar-refractivity contribution in [2.24, 2.45) is 5.92 Å². The van der Waals surface area contributed by atoms with E-state index in [1.165, 1.54) is 16.4 Å². The van der Waals surface area contributed by atoms with Crippen LogP contribution in [0.4, 0.5) is 5.69 Å². The van der Waals surface area contributed by atoms with Crippen molar-refractivity contribution in [3.05, 3.63) is 17.2 Å². The second kappa shape index (κ2) is 7.53. The van der Waals surface area contributed by atoms with E-state index < -0.39 is 10.0 Å². The monoisotopic (exact) mass is 427 g/mol. The van der Waals surface area contributed by atoms with Crippen LogP contribution >= 0.6 is 11.6 Å². The maximum atomic E-state index is 13.2. The number of ether oxygens (including phenoxy) is 1. The molecule has 10 heteroatoms. The number of hydrogen-bond donors (Lipinski definition) is 1. The summed E-state index contributed by atoms with van der Waals surface area (Å²) in [6.45, 7) is 1.83. The third-order valence-corrected chi connectivity index (χ3v) is 7.77. The summed E-state index contributed by atoms with van der Waals surface area (Å²) in [5.41, 5.74) is 0.348. The molecule has 8 nitrogen and oxygen atoms in total. The Kier molecular flexibility index (Phi) is 5.24. The average molecular weight is 428 g/mol. The number of likely N-dealkylation sites (tertiary alicyclic amines) is 1. The number of benzene rings is 1. The average Bonchev–Trinajstić information content (AvgIpc) is 3.21. The molecule has 3 heterocycles. The number of sulfonamides is 1. The molecule has 1 aromatic carbocycles. The quantitative estimate of drug-likeness (QED) is 0.791. The summed E-state index contributed by atoms with van der Waals surface area (Å²) in [6, 6.07) is 2.73. The van der Waals surface area contributed by atoms with Crippen molar-refractivity contribution >= 4 is 39.1 Å². The van der Waals surface area contributed by atoms with Crippen LogP contribution < -0.4 is 10.1 Å². The summed E-state index contributed by atoms with van der Waals surface area (Å²) in [5.74, 6) is -0.337. The van der Waals surface area contributed by atoms with Gasteiger partial charge in [-0.2, -0.15) is 4.31 Å². The van der Waals surface area contributed by atoms with Crippen LogP contribution in [0.5, 0.6) is 5.75 Å². The number of rotatable bonds is 3. The van der Waals surface area contributed by atoms with Crippen LogP contribution in [-0.4, -0.2) is 62.2 Å². The van der Waals surface area contributed by atoms with E-state index in [1.807, 2.05) is 4.90 Å². The molecule has 152 valence electrons. The van der Waals surface area contributed by atoms with Crippen LogP contribution in [0.15, 0.2) is 17.0 Å². The van der Waals surface area contributed by atoms with Gasteiger partial charge in [-0.1, -0.05) is 11.6 Å². The number of nitrogens with zero attached hydrogens (tertiary/aromatic N) is 2. The predicted octanol–water partition coefficient (Wildman–Crippen LogP) is 1.69. The summed E-state index contributed by atoms with van der Waals surface area (Å²) in [4.78, 5) is 25.9. The molecule has 0 bridgehead atoms. The summed E-state index contributed by atoms with van der Waals surface area (Å²) in [6.07, 6.45) is 3.32. The van der Waals surface area contributed by atoms with Gasteiger partial charge in [-0.3, -0.25) is 9.59 Å². The van der Waals surface area contributed by atoms with Gasteiger partial charge in [0, 0.05) is 32.2 Å². The first-order chi connectivity index (χ1) is 13.4. The fourth-order valence-electron chi connectivity index (χ4n) is 3.98. The minimum Gasteiger partial charge on any atom is -0.482 e. The van der Waals surface area contributed by atoms with Crippen molar-refractivity contribution in [3.63, 3.8) is 0 Å². The molecular formula is C18H22ClN3O5S. The van der Waals surface area contributed by atoms with Gasteiger partial charge in [0.1, 0.15) is 10.6 Å². The minimum atomic E-state index is -3.89. The van der Waals surface area contributed by atoms with E-state index in [0.29, 0.717) is 25.1 Å². The predicted molar refractivity (Wildman–Crippen MR) is 103 cm³/mol. The van der Waals surface area contributed by atoms with Crippen molar-refractivity contribution in [2.75, 3.05) is 38.1 Å². The number of nitrogens with one attached hydrogen (secondary N) is 1. The molecule has 1 aromatic rings. The molecule has 0 radical (unpaired) electrons. The summed E-state index contributed by atoms with van der Waals surface area (Å²) in [7, 11) is -3.89. The van der Waals surface area contributed by atoms with E-state index in [-0.39, 0.29) is 46.6 Å². The molecule has 2 amide bonds. The van der Waals surface area contributed by atoms with Crippen molar-refractivity contribution in [1.29, 1.82) is 0 Å². The first-order valence-corrected chi connectivity index (χ1v) is 11.2. The highest BCUT2D eigenvalue weighted by Gasteiger charge is 2.37. The summed E-state index contributed by atoms with van der Waals surface area (Å²) < 4.78 is 33.1. The first kappa shape index (κ1) is 19.5. The number of piperidine rings is 1. The van der Waals surface area contributed by atoms with Gasteiger partial charge in [0.05, 0.1) is 16.6 Å². The number of fused-ring (bicyclic) bond motifs is 1. The third-order valence-electron chi connectivity index (χ3n) is 5.44. The fraction of sp³-hybridized carbons (Fsp3) is 0.556. The largest absolute Gasteiger partial charge is 0.482 e. The van der Waals surface area contributed by atoms with Crippen LogP contribution in [-0.2, 0) is 19.6 Å². The highest BCUT2D eigenvalue weighted by Crippen LogP contribution is 2.37. The maximum absolute atomic E-state index is 13.2. The molecule has 1 N–H and O–H groups in total. The molecule has 3 aliphatic rings. The molecule has 1 atom stereocenters. The zero-order chi connectivity index (χ0) is 19.9. The van der Waals surface area contributed by atoms with Crippen molar-refractivity contribution in [2.45, 2.75) is 30.6 Å². The summed E-state index contributed by atoms with van der Waals surface area (Å²) in [5, 5.41) is 2.62. The highest BCUT2D eigenvalue weighted by molar-refractivity contribution is 7.89. The fourth-order valence-corrected chi connectivity index (χ4v) is 6.02. The lowest BCUT2D eigenvalue weighted by atomic mass is 9.98. The molecular weight excluding hydrogens is 406 g/mol. The topological polar surface area (TPSA) is 96.0 Å². The Balaban J connectivity index is 1.57. The van der Waals surface area contributed by atoms with Crippen molar-refractivity contribution < 1.29 is 22.7 Å². The van der Waals surface area contributed by atoms with E-state index in [9.17, 15) is 18.0 Å². The molecule has 0 saturated carbocycles. The van der Waals surface area contributed by atoms with Crippen molar-refractivity contribution in [3.8, 4) is 5.75 Å². The van der Waals surface area contributed by atoms with Crippen LogP contribution in [0.25, 0.3) is 0 Å². The molecule has 0 aliphatic carbocycles. The van der Waals surface area contributed by atoms with E-state index in [0.717, 1.165) is 25.9 Å². The van der Waals surface area contributed by atoms with Gasteiger partial charge in [-0.05, 0) is 31.7 Å². The van der Waals surface area contributed by atoms with Gasteiger partial charge in [0.2, 0.25) is 15.9 Å². The lowest BCUT2D eigenvalue weighted by Crippen LogP contribution is -2.46. The lowest BCUT2D eigenvalue weighted by Gasteiger charge is -2.33. The minimum absolute atomic E-state index is 0.0116. The molecule has 2 saturated heterocycles.